The third-order valence-electron chi connectivity index (χ3n) is 3.12. The first kappa shape index (κ1) is 18.1. The molecule has 0 saturated heterocycles. The molecule has 8 heteroatoms. The molecule has 2 rings (SSSR count). The lowest BCUT2D eigenvalue weighted by atomic mass is 10.3. The monoisotopic (exact) mass is 391 g/mol. The second-order valence-electron chi connectivity index (χ2n) is 4.69. The van der Waals surface area contributed by atoms with Crippen molar-refractivity contribution in [1.82, 2.24) is 0 Å². The minimum Gasteiger partial charge on any atom is -0.279 e. The number of carbonyl (C=O) groups excluding carboxylic acids is 1. The Hall–Kier alpha value is -1.27. The van der Waals surface area contributed by atoms with Crippen LogP contribution in [0.5, 0.6) is 0 Å². The number of benzene rings is 2. The summed E-state index contributed by atoms with van der Waals surface area (Å²) in [4.78, 5) is 11.4. The fourth-order valence-electron chi connectivity index (χ4n) is 2.02. The number of anilines is 1. The Morgan fingerprint density at radius 3 is 2.26 bits per heavy atom. The SMILES string of the molecule is CC(C(=O)Cl)N(c1ccccc1)S(=O)(=O)c1cc(Cl)ccc1Cl. The highest BCUT2D eigenvalue weighted by Crippen LogP contribution is 2.32. The van der Waals surface area contributed by atoms with E-state index in [0.717, 1.165) is 4.31 Å². The van der Waals surface area contributed by atoms with E-state index in [9.17, 15) is 13.2 Å². The predicted molar refractivity (Wildman–Crippen MR) is 92.9 cm³/mol. The molecule has 2 aromatic rings. The highest BCUT2D eigenvalue weighted by molar-refractivity contribution is 7.93. The highest BCUT2D eigenvalue weighted by atomic mass is 35.5. The number of carbonyl (C=O) groups is 1. The molecule has 0 aliphatic rings. The molecule has 0 bridgehead atoms. The number of halogens is 3. The largest absolute Gasteiger partial charge is 0.279 e. The molecule has 0 radical (unpaired) electrons. The lowest BCUT2D eigenvalue weighted by Gasteiger charge is -2.28. The van der Waals surface area contributed by atoms with Gasteiger partial charge < -0.3 is 0 Å². The summed E-state index contributed by atoms with van der Waals surface area (Å²) in [5.74, 6) is 0. The molecule has 0 spiro atoms. The van der Waals surface area contributed by atoms with Gasteiger partial charge in [-0.05, 0) is 48.9 Å². The number of para-hydroxylation sites is 1. The van der Waals surface area contributed by atoms with E-state index in [1.54, 1.807) is 30.3 Å². The van der Waals surface area contributed by atoms with Crippen molar-refractivity contribution in [2.75, 3.05) is 4.31 Å². The number of rotatable bonds is 5. The fraction of sp³-hybridized carbons (Fsp3) is 0.133. The van der Waals surface area contributed by atoms with Gasteiger partial charge in [-0.1, -0.05) is 41.4 Å². The highest BCUT2D eigenvalue weighted by Gasteiger charge is 2.34. The molecule has 2 aromatic carbocycles. The number of hydrogen-bond donors (Lipinski definition) is 0. The van der Waals surface area contributed by atoms with Crippen LogP contribution >= 0.6 is 34.8 Å². The Kier molecular flexibility index (Phi) is 5.57. The lowest BCUT2D eigenvalue weighted by molar-refractivity contribution is -0.112. The number of nitrogens with zero attached hydrogens (tertiary/aromatic N) is 1. The van der Waals surface area contributed by atoms with Gasteiger partial charge in [-0.2, -0.15) is 0 Å². The summed E-state index contributed by atoms with van der Waals surface area (Å²) in [6.45, 7) is 1.40. The number of sulfonamides is 1. The maximum atomic E-state index is 13.0. The van der Waals surface area contributed by atoms with Gasteiger partial charge in [0.05, 0.1) is 10.7 Å². The first-order valence-corrected chi connectivity index (χ1v) is 9.06. The third kappa shape index (κ3) is 3.80. The van der Waals surface area contributed by atoms with Crippen LogP contribution < -0.4 is 4.31 Å². The normalized spacial score (nSPS) is 12.7. The second kappa shape index (κ2) is 7.09. The van der Waals surface area contributed by atoms with Crippen LogP contribution in [0.2, 0.25) is 10.0 Å². The van der Waals surface area contributed by atoms with Crippen LogP contribution in [-0.2, 0) is 14.8 Å². The van der Waals surface area contributed by atoms with Crippen molar-refractivity contribution >= 4 is 55.8 Å². The first-order chi connectivity index (χ1) is 10.7. The maximum absolute atomic E-state index is 13.0. The first-order valence-electron chi connectivity index (χ1n) is 6.49. The standard InChI is InChI=1S/C15H12Cl3NO3S/c1-10(15(18)20)19(12-5-3-2-4-6-12)23(21,22)14-9-11(16)7-8-13(14)17/h2-10H,1H3. The molecule has 0 amide bonds. The van der Waals surface area contributed by atoms with Crippen LogP contribution in [0.25, 0.3) is 0 Å². The van der Waals surface area contributed by atoms with Crippen LogP contribution in [0, 0.1) is 0 Å². The van der Waals surface area contributed by atoms with Gasteiger partial charge >= 0.3 is 0 Å². The van der Waals surface area contributed by atoms with Gasteiger partial charge in [-0.3, -0.25) is 9.10 Å². The van der Waals surface area contributed by atoms with E-state index in [0.29, 0.717) is 5.69 Å². The molecule has 0 fully saturated rings. The van der Waals surface area contributed by atoms with Crippen molar-refractivity contribution in [3.63, 3.8) is 0 Å². The molecule has 23 heavy (non-hydrogen) atoms. The average molecular weight is 393 g/mol. The van der Waals surface area contributed by atoms with Gasteiger partial charge in [-0.25, -0.2) is 8.42 Å². The molecule has 122 valence electrons. The van der Waals surface area contributed by atoms with Crippen molar-refractivity contribution < 1.29 is 13.2 Å². The molecule has 0 aliphatic heterocycles. The molecular weight excluding hydrogens is 381 g/mol. The Labute approximate surface area is 149 Å². The van der Waals surface area contributed by atoms with E-state index in [1.165, 1.54) is 25.1 Å². The summed E-state index contributed by atoms with van der Waals surface area (Å²) in [5.41, 5.74) is 0.296. The minimum absolute atomic E-state index is 0.00422. The van der Waals surface area contributed by atoms with Gasteiger partial charge in [0.1, 0.15) is 10.9 Å². The second-order valence-corrected chi connectivity index (χ2v) is 7.69. The Bertz CT molecular complexity index is 825. The summed E-state index contributed by atoms with van der Waals surface area (Å²) >= 11 is 17.4. The molecule has 0 heterocycles. The van der Waals surface area contributed by atoms with Gasteiger partial charge in [0, 0.05) is 5.02 Å². The quantitative estimate of drug-likeness (QED) is 0.711. The maximum Gasteiger partial charge on any atom is 0.266 e. The summed E-state index contributed by atoms with van der Waals surface area (Å²) in [6, 6.07) is 11.1. The van der Waals surface area contributed by atoms with Gasteiger partial charge in [-0.15, -0.1) is 0 Å². The zero-order chi connectivity index (χ0) is 17.2. The smallest absolute Gasteiger partial charge is 0.266 e. The van der Waals surface area contributed by atoms with Crippen LogP contribution in [0.15, 0.2) is 53.4 Å². The topological polar surface area (TPSA) is 54.5 Å². The molecule has 4 nitrogen and oxygen atoms in total. The van der Waals surface area contributed by atoms with E-state index < -0.39 is 21.3 Å². The zero-order valence-electron chi connectivity index (χ0n) is 11.9. The van der Waals surface area contributed by atoms with Crippen LogP contribution in [0.1, 0.15) is 6.92 Å². The van der Waals surface area contributed by atoms with Crippen LogP contribution in [0.3, 0.4) is 0 Å². The van der Waals surface area contributed by atoms with E-state index in [4.69, 9.17) is 34.8 Å². The molecular formula is C15H12Cl3NO3S. The summed E-state index contributed by atoms with van der Waals surface area (Å²) < 4.78 is 27.0. The molecule has 1 atom stereocenters. The van der Waals surface area contributed by atoms with Gasteiger partial charge in [0.15, 0.2) is 0 Å². The zero-order valence-corrected chi connectivity index (χ0v) is 15.0. The Balaban J connectivity index is 2.67. The van der Waals surface area contributed by atoms with E-state index in [1.807, 2.05) is 0 Å². The van der Waals surface area contributed by atoms with Gasteiger partial charge in [0.25, 0.3) is 10.0 Å². The van der Waals surface area contributed by atoms with Crippen molar-refractivity contribution in [3.05, 3.63) is 58.6 Å². The summed E-state index contributed by atoms with van der Waals surface area (Å²) in [5, 5.41) is -0.592. The Morgan fingerprint density at radius 2 is 1.70 bits per heavy atom. The van der Waals surface area contributed by atoms with E-state index in [2.05, 4.69) is 0 Å². The van der Waals surface area contributed by atoms with Crippen molar-refractivity contribution in [2.24, 2.45) is 0 Å². The fourth-order valence-corrected chi connectivity index (χ4v) is 4.53. The van der Waals surface area contributed by atoms with E-state index >= 15 is 0 Å². The Morgan fingerprint density at radius 1 is 1.09 bits per heavy atom. The van der Waals surface area contributed by atoms with Crippen molar-refractivity contribution in [2.45, 2.75) is 17.9 Å². The third-order valence-corrected chi connectivity index (χ3v) is 6.05. The minimum atomic E-state index is -4.14. The molecule has 0 N–H and O–H groups in total. The van der Waals surface area contributed by atoms with Crippen molar-refractivity contribution in [1.29, 1.82) is 0 Å². The van der Waals surface area contributed by atoms with E-state index in [-0.39, 0.29) is 14.9 Å². The summed E-state index contributed by atoms with van der Waals surface area (Å²) in [7, 11) is -4.14. The predicted octanol–water partition coefficient (Wildman–Crippen LogP) is 4.34. The molecule has 0 saturated carbocycles. The molecule has 0 aliphatic carbocycles. The van der Waals surface area contributed by atoms with Crippen LogP contribution in [0.4, 0.5) is 5.69 Å². The molecule has 1 unspecified atom stereocenters. The number of hydrogen-bond acceptors (Lipinski definition) is 3. The van der Waals surface area contributed by atoms with Crippen molar-refractivity contribution in [3.8, 4) is 0 Å². The molecule has 0 aromatic heterocycles. The lowest BCUT2D eigenvalue weighted by Crippen LogP contribution is -2.42. The average Bonchev–Trinajstić information content (AvgIpc) is 2.50. The van der Waals surface area contributed by atoms with Crippen LogP contribution in [-0.4, -0.2) is 19.7 Å². The van der Waals surface area contributed by atoms with Gasteiger partial charge in [0.2, 0.25) is 5.24 Å². The summed E-state index contributed by atoms with van der Waals surface area (Å²) in [6.07, 6.45) is 0.